The van der Waals surface area contributed by atoms with E-state index < -0.39 is 28.5 Å². The van der Waals surface area contributed by atoms with E-state index in [1.54, 1.807) is 16.2 Å². The first-order valence-corrected chi connectivity index (χ1v) is 11.1. The molecule has 1 unspecified atom stereocenters. The molecule has 6 nitrogen and oxygen atoms in total. The van der Waals surface area contributed by atoms with Crippen molar-refractivity contribution >= 4 is 32.8 Å². The summed E-state index contributed by atoms with van der Waals surface area (Å²) < 4.78 is 41.6. The number of nitro benzene ring substituents is 1. The van der Waals surface area contributed by atoms with Crippen LogP contribution in [0, 0.1) is 10.1 Å². The van der Waals surface area contributed by atoms with Crippen LogP contribution in [0.1, 0.15) is 23.7 Å². The van der Waals surface area contributed by atoms with E-state index >= 15 is 0 Å². The fourth-order valence-corrected chi connectivity index (χ4v) is 5.08. The first-order chi connectivity index (χ1) is 15.2. The number of non-ortho nitro benzene ring substituents is 1. The predicted molar refractivity (Wildman–Crippen MR) is 118 cm³/mol. The van der Waals surface area contributed by atoms with Crippen LogP contribution in [0.3, 0.4) is 0 Å². The minimum atomic E-state index is -4.67. The summed E-state index contributed by atoms with van der Waals surface area (Å²) in [5.74, 6) is 0. The SMILES string of the molecule is O=[N+]([O-])c1ccc(N2CCN(CCC(O)c3csc4ccccc34)CC2)c(C(F)(F)F)c1. The van der Waals surface area contributed by atoms with Gasteiger partial charge in [-0.1, -0.05) is 18.2 Å². The van der Waals surface area contributed by atoms with Crippen LogP contribution >= 0.6 is 11.3 Å². The Bertz CT molecular complexity index is 1110. The number of aliphatic hydroxyl groups excluding tert-OH is 1. The van der Waals surface area contributed by atoms with E-state index in [4.69, 9.17) is 0 Å². The highest BCUT2D eigenvalue weighted by Crippen LogP contribution is 2.39. The van der Waals surface area contributed by atoms with Gasteiger partial charge in [-0.25, -0.2) is 0 Å². The van der Waals surface area contributed by atoms with Gasteiger partial charge in [0.1, 0.15) is 0 Å². The molecule has 1 aliphatic heterocycles. The molecule has 1 aliphatic rings. The monoisotopic (exact) mass is 465 g/mol. The Morgan fingerprint density at radius 1 is 1.12 bits per heavy atom. The molecule has 1 saturated heterocycles. The molecule has 10 heteroatoms. The average Bonchev–Trinajstić information content (AvgIpc) is 3.21. The van der Waals surface area contributed by atoms with Crippen LogP contribution in [-0.2, 0) is 6.18 Å². The number of nitro groups is 1. The van der Waals surface area contributed by atoms with E-state index in [9.17, 15) is 28.4 Å². The minimum absolute atomic E-state index is 0.0347. The van der Waals surface area contributed by atoms with E-state index in [1.165, 1.54) is 6.07 Å². The standard InChI is InChI=1S/C22H22F3N3O3S/c23-22(24,25)18-13-15(28(30)31)5-6-19(18)27-11-9-26(10-12-27)8-7-20(29)17-14-32-21-4-2-1-3-16(17)21/h1-6,13-14,20,29H,7-12H2. The molecule has 1 fully saturated rings. The van der Waals surface area contributed by atoms with Crippen LogP contribution in [-0.4, -0.2) is 47.7 Å². The summed E-state index contributed by atoms with van der Waals surface area (Å²) in [5.41, 5.74) is -0.688. The highest BCUT2D eigenvalue weighted by molar-refractivity contribution is 7.17. The third-order valence-corrected chi connectivity index (χ3v) is 6.78. The average molecular weight is 465 g/mol. The number of rotatable bonds is 6. The van der Waals surface area contributed by atoms with Crippen molar-refractivity contribution in [3.8, 4) is 0 Å². The topological polar surface area (TPSA) is 69.9 Å². The summed E-state index contributed by atoms with van der Waals surface area (Å²) in [7, 11) is 0. The summed E-state index contributed by atoms with van der Waals surface area (Å²) in [6.07, 6.45) is -4.74. The lowest BCUT2D eigenvalue weighted by molar-refractivity contribution is -0.385. The maximum absolute atomic E-state index is 13.5. The lowest BCUT2D eigenvalue weighted by Gasteiger charge is -2.37. The lowest BCUT2D eigenvalue weighted by Crippen LogP contribution is -2.47. The minimum Gasteiger partial charge on any atom is -0.388 e. The van der Waals surface area contributed by atoms with Gasteiger partial charge in [-0.2, -0.15) is 13.2 Å². The number of thiophene rings is 1. The van der Waals surface area contributed by atoms with E-state index in [2.05, 4.69) is 4.90 Å². The summed E-state index contributed by atoms with van der Waals surface area (Å²) in [5, 5.41) is 24.6. The quantitative estimate of drug-likeness (QED) is 0.406. The van der Waals surface area contributed by atoms with Crippen molar-refractivity contribution in [1.29, 1.82) is 0 Å². The fourth-order valence-electron chi connectivity index (χ4n) is 4.07. The van der Waals surface area contributed by atoms with Gasteiger partial charge < -0.3 is 10.0 Å². The van der Waals surface area contributed by atoms with Crippen molar-refractivity contribution in [3.63, 3.8) is 0 Å². The van der Waals surface area contributed by atoms with Gasteiger partial charge in [0.2, 0.25) is 0 Å². The Kier molecular flexibility index (Phi) is 6.36. The highest BCUT2D eigenvalue weighted by Gasteiger charge is 2.37. The van der Waals surface area contributed by atoms with E-state index in [0.29, 0.717) is 45.2 Å². The molecule has 1 atom stereocenters. The fraction of sp³-hybridized carbons (Fsp3) is 0.364. The number of benzene rings is 2. The van der Waals surface area contributed by atoms with Crippen molar-refractivity contribution in [1.82, 2.24) is 4.90 Å². The molecule has 0 radical (unpaired) electrons. The summed E-state index contributed by atoms with van der Waals surface area (Å²) in [6.45, 7) is 2.47. The maximum atomic E-state index is 13.5. The van der Waals surface area contributed by atoms with Crippen molar-refractivity contribution < 1.29 is 23.2 Å². The van der Waals surface area contributed by atoms with Gasteiger partial charge in [0.15, 0.2) is 0 Å². The predicted octanol–water partition coefficient (Wildman–Crippen LogP) is 5.07. The van der Waals surface area contributed by atoms with Gasteiger partial charge in [0.25, 0.3) is 5.69 Å². The number of piperazine rings is 1. The number of hydrogen-bond donors (Lipinski definition) is 1. The van der Waals surface area contributed by atoms with E-state index in [0.717, 1.165) is 21.7 Å². The smallest absolute Gasteiger partial charge is 0.388 e. The number of anilines is 1. The van der Waals surface area contributed by atoms with Gasteiger partial charge in [0, 0.05) is 55.2 Å². The Morgan fingerprint density at radius 2 is 1.84 bits per heavy atom. The van der Waals surface area contributed by atoms with Crippen molar-refractivity contribution in [2.24, 2.45) is 0 Å². The summed E-state index contributed by atoms with van der Waals surface area (Å²) in [4.78, 5) is 13.8. The second-order valence-corrected chi connectivity index (χ2v) is 8.69. The third-order valence-electron chi connectivity index (χ3n) is 5.80. The molecule has 0 aliphatic carbocycles. The summed E-state index contributed by atoms with van der Waals surface area (Å²) >= 11 is 1.59. The molecule has 1 N–H and O–H groups in total. The van der Waals surface area contributed by atoms with Crippen LogP contribution < -0.4 is 4.90 Å². The molecule has 1 aromatic heterocycles. The molecule has 0 spiro atoms. The molecule has 3 aromatic rings. The number of hydrogen-bond acceptors (Lipinski definition) is 6. The van der Waals surface area contributed by atoms with Crippen LogP contribution in [0.5, 0.6) is 0 Å². The molecule has 0 bridgehead atoms. The second-order valence-electron chi connectivity index (χ2n) is 7.78. The second kappa shape index (κ2) is 9.05. The normalized spacial score (nSPS) is 16.4. The van der Waals surface area contributed by atoms with Crippen LogP contribution in [0.4, 0.5) is 24.5 Å². The molecule has 2 aromatic carbocycles. The van der Waals surface area contributed by atoms with Crippen LogP contribution in [0.15, 0.2) is 47.8 Å². The largest absolute Gasteiger partial charge is 0.418 e. The molecule has 4 rings (SSSR count). The van der Waals surface area contributed by atoms with E-state index in [-0.39, 0.29) is 5.69 Å². The van der Waals surface area contributed by atoms with Crippen molar-refractivity contribution in [2.75, 3.05) is 37.6 Å². The first kappa shape index (κ1) is 22.5. The van der Waals surface area contributed by atoms with Crippen LogP contribution in [0.2, 0.25) is 0 Å². The molecular weight excluding hydrogens is 443 g/mol. The summed E-state index contributed by atoms with van der Waals surface area (Å²) in [6, 6.07) is 10.8. The molecule has 2 heterocycles. The zero-order valence-electron chi connectivity index (χ0n) is 17.1. The number of fused-ring (bicyclic) bond motifs is 1. The Morgan fingerprint density at radius 3 is 2.53 bits per heavy atom. The molecule has 170 valence electrons. The first-order valence-electron chi connectivity index (χ1n) is 10.2. The zero-order valence-corrected chi connectivity index (χ0v) is 17.9. The Labute approximate surface area is 186 Å². The Balaban J connectivity index is 1.38. The lowest BCUT2D eigenvalue weighted by atomic mass is 10.0. The van der Waals surface area contributed by atoms with Crippen molar-refractivity contribution in [3.05, 3.63) is 69.1 Å². The highest BCUT2D eigenvalue weighted by atomic mass is 32.1. The van der Waals surface area contributed by atoms with Crippen LogP contribution in [0.25, 0.3) is 10.1 Å². The molecule has 0 saturated carbocycles. The molecule has 32 heavy (non-hydrogen) atoms. The maximum Gasteiger partial charge on any atom is 0.418 e. The Hall–Kier alpha value is -2.69. The van der Waals surface area contributed by atoms with Crippen molar-refractivity contribution in [2.45, 2.75) is 18.7 Å². The third kappa shape index (κ3) is 4.72. The number of alkyl halides is 3. The van der Waals surface area contributed by atoms with Gasteiger partial charge in [-0.15, -0.1) is 11.3 Å². The zero-order chi connectivity index (χ0) is 22.9. The number of halogens is 3. The molecule has 0 amide bonds. The van der Waals surface area contributed by atoms with Gasteiger partial charge in [-0.05, 0) is 34.9 Å². The van der Waals surface area contributed by atoms with Gasteiger partial charge in [0.05, 0.1) is 16.6 Å². The van der Waals surface area contributed by atoms with Gasteiger partial charge in [-0.3, -0.25) is 15.0 Å². The van der Waals surface area contributed by atoms with Gasteiger partial charge >= 0.3 is 6.18 Å². The number of nitrogens with zero attached hydrogens (tertiary/aromatic N) is 3. The molecular formula is C22H22F3N3O3S. The number of aliphatic hydroxyl groups is 1. The van der Waals surface area contributed by atoms with E-state index in [1.807, 2.05) is 29.6 Å².